The number of hydrogen-bond acceptors (Lipinski definition) is 5. The molecule has 2 fully saturated rings. The van der Waals surface area contributed by atoms with E-state index in [2.05, 4.69) is 24.1 Å². The highest BCUT2D eigenvalue weighted by molar-refractivity contribution is 5.41. The van der Waals surface area contributed by atoms with Crippen LogP contribution in [0.25, 0.3) is 0 Å². The van der Waals surface area contributed by atoms with Gasteiger partial charge in [0.1, 0.15) is 12.4 Å². The van der Waals surface area contributed by atoms with Gasteiger partial charge in [0.05, 0.1) is 11.7 Å². The van der Waals surface area contributed by atoms with Crippen LogP contribution >= 0.6 is 0 Å². The lowest BCUT2D eigenvalue weighted by atomic mass is 9.81. The average Bonchev–Trinajstić information content (AvgIpc) is 2.69. The largest absolute Gasteiger partial charge is 0.492 e. The minimum Gasteiger partial charge on any atom is -0.492 e. The topological polar surface area (TPSA) is 59.8 Å². The van der Waals surface area contributed by atoms with Crippen molar-refractivity contribution in [2.75, 3.05) is 45.1 Å². The van der Waals surface area contributed by atoms with E-state index in [1.54, 1.807) is 0 Å². The maximum absolute atomic E-state index is 6.60. The van der Waals surface area contributed by atoms with Crippen molar-refractivity contribution in [2.24, 2.45) is 5.92 Å². The number of morpholine rings is 2. The summed E-state index contributed by atoms with van der Waals surface area (Å²) < 4.78 is 12.5. The van der Waals surface area contributed by atoms with Crippen LogP contribution in [0.1, 0.15) is 52.4 Å². The summed E-state index contributed by atoms with van der Waals surface area (Å²) in [7, 11) is 0. The Morgan fingerprint density at radius 1 is 1.25 bits per heavy atom. The van der Waals surface area contributed by atoms with Gasteiger partial charge in [-0.2, -0.15) is 0 Å². The number of ether oxygens (including phenoxy) is 2. The molecule has 1 aromatic carbocycles. The summed E-state index contributed by atoms with van der Waals surface area (Å²) >= 11 is 0. The normalized spacial score (nSPS) is 26.1. The molecule has 2 bridgehead atoms. The van der Waals surface area contributed by atoms with Gasteiger partial charge >= 0.3 is 0 Å². The number of nitrogens with two attached hydrogens (primary N) is 1. The number of anilines is 1. The minimum atomic E-state index is -0.0485. The summed E-state index contributed by atoms with van der Waals surface area (Å²) in [5.74, 6) is 1.46. The van der Waals surface area contributed by atoms with Crippen molar-refractivity contribution >= 4 is 5.69 Å². The second-order valence-corrected chi connectivity index (χ2v) is 8.69. The van der Waals surface area contributed by atoms with E-state index < -0.39 is 0 Å². The molecule has 5 heteroatoms. The molecule has 0 aliphatic carbocycles. The summed E-state index contributed by atoms with van der Waals surface area (Å²) in [4.78, 5) is 2.54. The zero-order valence-corrected chi connectivity index (χ0v) is 17.8. The van der Waals surface area contributed by atoms with Gasteiger partial charge in [0.15, 0.2) is 0 Å². The van der Waals surface area contributed by atoms with Crippen LogP contribution in [0.15, 0.2) is 24.3 Å². The monoisotopic (exact) mass is 389 g/mol. The summed E-state index contributed by atoms with van der Waals surface area (Å²) in [5, 5.41) is 3.63. The van der Waals surface area contributed by atoms with Crippen LogP contribution in [0.3, 0.4) is 0 Å². The van der Waals surface area contributed by atoms with E-state index in [1.165, 1.54) is 38.5 Å². The van der Waals surface area contributed by atoms with Crippen molar-refractivity contribution in [1.29, 1.82) is 0 Å². The molecule has 2 heterocycles. The molecule has 28 heavy (non-hydrogen) atoms. The number of fused-ring (bicyclic) bond motifs is 2. The number of nitrogens with one attached hydrogen (secondary N) is 1. The van der Waals surface area contributed by atoms with Crippen molar-refractivity contribution < 1.29 is 9.47 Å². The Balaban J connectivity index is 1.48. The lowest BCUT2D eigenvalue weighted by Gasteiger charge is -2.52. The second kappa shape index (κ2) is 10.5. The fourth-order valence-electron chi connectivity index (χ4n) is 4.58. The van der Waals surface area contributed by atoms with Gasteiger partial charge < -0.3 is 20.5 Å². The maximum atomic E-state index is 6.60. The molecule has 2 aliphatic heterocycles. The van der Waals surface area contributed by atoms with Crippen molar-refractivity contribution in [1.82, 2.24) is 10.2 Å². The minimum absolute atomic E-state index is 0.0485. The number of hydrogen-bond donors (Lipinski definition) is 2. The van der Waals surface area contributed by atoms with E-state index >= 15 is 0 Å². The van der Waals surface area contributed by atoms with Gasteiger partial charge in [-0.1, -0.05) is 46.0 Å². The second-order valence-electron chi connectivity index (χ2n) is 8.69. The molecule has 3 atom stereocenters. The van der Waals surface area contributed by atoms with E-state index in [0.29, 0.717) is 18.6 Å². The average molecular weight is 390 g/mol. The molecular formula is C23H39N3O2. The Morgan fingerprint density at radius 2 is 2.04 bits per heavy atom. The van der Waals surface area contributed by atoms with E-state index in [9.17, 15) is 0 Å². The highest BCUT2D eigenvalue weighted by atomic mass is 16.5. The highest BCUT2D eigenvalue weighted by Crippen LogP contribution is 2.34. The van der Waals surface area contributed by atoms with Gasteiger partial charge in [-0.05, 0) is 36.6 Å². The Morgan fingerprint density at radius 3 is 2.82 bits per heavy atom. The zero-order chi connectivity index (χ0) is 19.8. The van der Waals surface area contributed by atoms with Gasteiger partial charge in [-0.3, -0.25) is 4.90 Å². The lowest BCUT2D eigenvalue weighted by molar-refractivity contribution is -0.196. The lowest BCUT2D eigenvalue weighted by Crippen LogP contribution is -2.68. The zero-order valence-electron chi connectivity index (χ0n) is 17.8. The fraction of sp³-hybridized carbons (Fsp3) is 0.739. The van der Waals surface area contributed by atoms with E-state index in [1.807, 2.05) is 24.3 Å². The van der Waals surface area contributed by atoms with E-state index in [-0.39, 0.29) is 5.60 Å². The standard InChI is InChI=1S/C23H39N3O2/c1-3-4-5-6-7-8-19(2)23-17-25-15-22(28-23)16-26(18-23)13-14-27-21-11-9-20(24)10-12-21/h9-12,19,22,25H,3-8,13-18,24H2,1-2H3. The van der Waals surface area contributed by atoms with Crippen LogP contribution in [-0.4, -0.2) is 55.9 Å². The molecule has 3 N–H and O–H groups in total. The van der Waals surface area contributed by atoms with Crippen LogP contribution < -0.4 is 15.8 Å². The molecule has 158 valence electrons. The summed E-state index contributed by atoms with van der Waals surface area (Å²) in [6.07, 6.45) is 8.26. The molecule has 3 rings (SSSR count). The Kier molecular flexibility index (Phi) is 8.00. The Hall–Kier alpha value is -1.30. The molecule has 0 amide bonds. The summed E-state index contributed by atoms with van der Waals surface area (Å²) in [6.45, 7) is 10.2. The number of nitrogen functional groups attached to an aromatic ring is 1. The van der Waals surface area contributed by atoms with Crippen LogP contribution in [0.4, 0.5) is 5.69 Å². The first-order valence-electron chi connectivity index (χ1n) is 11.2. The highest BCUT2D eigenvalue weighted by Gasteiger charge is 2.46. The predicted molar refractivity (Wildman–Crippen MR) is 116 cm³/mol. The van der Waals surface area contributed by atoms with E-state index in [4.69, 9.17) is 15.2 Å². The first-order chi connectivity index (χ1) is 13.6. The van der Waals surface area contributed by atoms with Crippen molar-refractivity contribution in [2.45, 2.75) is 64.1 Å². The molecule has 2 aliphatic rings. The number of benzene rings is 1. The SMILES string of the molecule is CCCCCCCC(C)C12CNCC(CN(CCOc3ccc(N)cc3)C1)O2. The van der Waals surface area contributed by atoms with Gasteiger partial charge in [0, 0.05) is 38.4 Å². The molecule has 5 nitrogen and oxygen atoms in total. The number of nitrogens with zero attached hydrogens (tertiary/aromatic N) is 1. The molecular weight excluding hydrogens is 350 g/mol. The third kappa shape index (κ3) is 5.85. The number of rotatable bonds is 11. The number of unbranched alkanes of at least 4 members (excludes halogenated alkanes) is 4. The smallest absolute Gasteiger partial charge is 0.119 e. The Labute approximate surface area is 171 Å². The van der Waals surface area contributed by atoms with Crippen LogP contribution in [-0.2, 0) is 4.74 Å². The van der Waals surface area contributed by atoms with Crippen molar-refractivity contribution in [3.63, 3.8) is 0 Å². The quantitative estimate of drug-likeness (QED) is 0.446. The molecule has 0 spiro atoms. The van der Waals surface area contributed by atoms with Gasteiger partial charge in [0.25, 0.3) is 0 Å². The molecule has 0 radical (unpaired) electrons. The molecule has 2 saturated heterocycles. The maximum Gasteiger partial charge on any atom is 0.119 e. The van der Waals surface area contributed by atoms with E-state index in [0.717, 1.165) is 44.2 Å². The van der Waals surface area contributed by atoms with Crippen LogP contribution in [0, 0.1) is 5.92 Å². The van der Waals surface area contributed by atoms with Crippen LogP contribution in [0.5, 0.6) is 5.75 Å². The van der Waals surface area contributed by atoms with Gasteiger partial charge in [-0.25, -0.2) is 0 Å². The van der Waals surface area contributed by atoms with Crippen molar-refractivity contribution in [3.05, 3.63) is 24.3 Å². The molecule has 0 saturated carbocycles. The molecule has 3 unspecified atom stereocenters. The Bertz CT molecular complexity index is 580. The fourth-order valence-corrected chi connectivity index (χ4v) is 4.58. The third-order valence-electron chi connectivity index (χ3n) is 6.35. The summed E-state index contributed by atoms with van der Waals surface area (Å²) in [5.41, 5.74) is 6.46. The van der Waals surface area contributed by atoms with Gasteiger partial charge in [-0.15, -0.1) is 0 Å². The van der Waals surface area contributed by atoms with Crippen molar-refractivity contribution in [3.8, 4) is 5.75 Å². The predicted octanol–water partition coefficient (Wildman–Crippen LogP) is 3.69. The summed E-state index contributed by atoms with van der Waals surface area (Å²) in [6, 6.07) is 7.65. The van der Waals surface area contributed by atoms with Gasteiger partial charge in [0.2, 0.25) is 0 Å². The third-order valence-corrected chi connectivity index (χ3v) is 6.35. The molecule has 0 aromatic heterocycles. The van der Waals surface area contributed by atoms with Crippen LogP contribution in [0.2, 0.25) is 0 Å². The first-order valence-corrected chi connectivity index (χ1v) is 11.2. The first kappa shape index (κ1) is 21.4. The molecule has 1 aromatic rings.